The van der Waals surface area contributed by atoms with Crippen molar-refractivity contribution < 1.29 is 22.2 Å². The van der Waals surface area contributed by atoms with Crippen LogP contribution in [0.5, 0.6) is 0 Å². The summed E-state index contributed by atoms with van der Waals surface area (Å²) in [6.07, 6.45) is 13.8. The Labute approximate surface area is 246 Å². The second-order valence-electron chi connectivity index (χ2n) is 12.4. The first-order valence-electron chi connectivity index (χ1n) is 15.9. The smallest absolute Gasteiger partial charge is 0.418 e. The highest BCUT2D eigenvalue weighted by atomic mass is 19.5. The third-order valence-corrected chi connectivity index (χ3v) is 9.72. The van der Waals surface area contributed by atoms with Crippen LogP contribution in [0.1, 0.15) is 87.2 Å². The van der Waals surface area contributed by atoms with E-state index in [4.69, 9.17) is 0 Å². The SMILES string of the molecule is F[B-](F)(F)F.c1ccc2c(N3CC[NH+](c4c(C5CCCCC5)ccc5ccccc45)C3)c(C3CCCCC3)ccc2c1. The highest BCUT2D eigenvalue weighted by Crippen LogP contribution is 2.42. The van der Waals surface area contributed by atoms with Gasteiger partial charge in [-0.15, -0.1) is 0 Å². The molecule has 222 valence electrons. The van der Waals surface area contributed by atoms with Crippen LogP contribution >= 0.6 is 0 Å². The van der Waals surface area contributed by atoms with Crippen LogP contribution in [-0.4, -0.2) is 27.0 Å². The molecule has 0 amide bonds. The lowest BCUT2D eigenvalue weighted by Gasteiger charge is -2.30. The molecule has 1 unspecified atom stereocenters. The molecule has 42 heavy (non-hydrogen) atoms. The summed E-state index contributed by atoms with van der Waals surface area (Å²) in [6, 6.07) is 28.0. The fourth-order valence-electron chi connectivity index (χ4n) is 7.86. The zero-order valence-electron chi connectivity index (χ0n) is 24.3. The van der Waals surface area contributed by atoms with Crippen molar-refractivity contribution in [1.82, 2.24) is 0 Å². The van der Waals surface area contributed by atoms with Crippen molar-refractivity contribution >= 4 is 40.2 Å². The van der Waals surface area contributed by atoms with Gasteiger partial charge < -0.3 is 22.2 Å². The predicted octanol–water partition coefficient (Wildman–Crippen LogP) is 9.38. The number of anilines is 1. The largest absolute Gasteiger partial charge is 0.673 e. The Bertz CT molecular complexity index is 1400. The minimum Gasteiger partial charge on any atom is -0.418 e. The Morgan fingerprint density at radius 3 is 1.71 bits per heavy atom. The fraction of sp³-hybridized carbons (Fsp3) is 0.429. The Morgan fingerprint density at radius 2 is 1.10 bits per heavy atom. The molecule has 1 heterocycles. The van der Waals surface area contributed by atoms with E-state index < -0.39 is 7.25 Å². The number of halogens is 4. The van der Waals surface area contributed by atoms with E-state index in [-0.39, 0.29) is 0 Å². The van der Waals surface area contributed by atoms with Gasteiger partial charge in [0.2, 0.25) is 0 Å². The van der Waals surface area contributed by atoms with Gasteiger partial charge in [0.1, 0.15) is 12.2 Å². The summed E-state index contributed by atoms with van der Waals surface area (Å²) in [6.45, 7) is 3.39. The molecule has 0 bridgehead atoms. The number of benzene rings is 4. The van der Waals surface area contributed by atoms with Gasteiger partial charge in [0.15, 0.2) is 6.67 Å². The Kier molecular flexibility index (Phi) is 8.76. The molecule has 3 fully saturated rings. The predicted molar refractivity (Wildman–Crippen MR) is 167 cm³/mol. The van der Waals surface area contributed by atoms with E-state index in [0.29, 0.717) is 5.92 Å². The fourth-order valence-corrected chi connectivity index (χ4v) is 7.86. The molecule has 1 atom stereocenters. The summed E-state index contributed by atoms with van der Waals surface area (Å²) in [7, 11) is -6.00. The number of hydrogen-bond donors (Lipinski definition) is 1. The number of quaternary nitrogens is 1. The average molecular weight is 577 g/mol. The van der Waals surface area contributed by atoms with Gasteiger partial charge in [-0.2, -0.15) is 0 Å². The number of rotatable bonds is 4. The summed E-state index contributed by atoms with van der Waals surface area (Å²) in [5, 5.41) is 5.72. The normalized spacial score (nSPS) is 20.6. The maximum atomic E-state index is 9.75. The molecule has 0 radical (unpaired) electrons. The molecule has 2 saturated carbocycles. The van der Waals surface area contributed by atoms with Crippen LogP contribution in [0.15, 0.2) is 72.8 Å². The Balaban J connectivity index is 0.000000585. The molecule has 1 aliphatic heterocycles. The van der Waals surface area contributed by atoms with Crippen LogP contribution in [0.3, 0.4) is 0 Å². The topological polar surface area (TPSA) is 7.68 Å². The van der Waals surface area contributed by atoms with Gasteiger partial charge in [0.05, 0.1) is 12.2 Å². The monoisotopic (exact) mass is 576 g/mol. The van der Waals surface area contributed by atoms with Gasteiger partial charge in [0.25, 0.3) is 0 Å². The van der Waals surface area contributed by atoms with Gasteiger partial charge in [0, 0.05) is 16.3 Å². The number of nitrogens with zero attached hydrogens (tertiary/aromatic N) is 1. The van der Waals surface area contributed by atoms with E-state index >= 15 is 0 Å². The van der Waals surface area contributed by atoms with Gasteiger partial charge >= 0.3 is 7.25 Å². The van der Waals surface area contributed by atoms with Crippen molar-refractivity contribution in [3.8, 4) is 0 Å². The van der Waals surface area contributed by atoms with Gasteiger partial charge in [-0.3, -0.25) is 4.90 Å². The molecule has 1 N–H and O–H groups in total. The summed E-state index contributed by atoms with van der Waals surface area (Å²) in [5.41, 5.74) is 6.40. The minimum atomic E-state index is -6.00. The second-order valence-corrected chi connectivity index (χ2v) is 12.4. The quantitative estimate of drug-likeness (QED) is 0.188. The van der Waals surface area contributed by atoms with Crippen molar-refractivity contribution in [3.05, 3.63) is 83.9 Å². The van der Waals surface area contributed by atoms with Crippen LogP contribution in [0.25, 0.3) is 21.5 Å². The molecule has 0 aromatic heterocycles. The zero-order valence-corrected chi connectivity index (χ0v) is 24.3. The first-order chi connectivity index (χ1) is 20.4. The second kappa shape index (κ2) is 12.7. The van der Waals surface area contributed by atoms with Crippen molar-refractivity contribution in [1.29, 1.82) is 0 Å². The van der Waals surface area contributed by atoms with E-state index in [0.717, 1.165) is 19.1 Å². The van der Waals surface area contributed by atoms with Crippen LogP contribution in [0.2, 0.25) is 0 Å². The third kappa shape index (κ3) is 6.46. The van der Waals surface area contributed by atoms with Crippen molar-refractivity contribution in [2.75, 3.05) is 24.7 Å². The first-order valence-corrected chi connectivity index (χ1v) is 15.9. The molecule has 0 spiro atoms. The molecule has 2 aliphatic carbocycles. The van der Waals surface area contributed by atoms with Crippen LogP contribution in [0.4, 0.5) is 28.6 Å². The number of nitrogens with one attached hydrogen (secondary N) is 1. The lowest BCUT2D eigenvalue weighted by Crippen LogP contribution is -3.06. The molecule has 4 aromatic rings. The standard InChI is InChI=1S/C35H40N2.BF4/c1-3-11-26(12-4-1)32-21-19-28-15-7-9-17-30(28)34(32)36-23-24-37(25-36)35-31-18-10-8-16-29(31)20-22-33(35)27-13-5-2-6-14-27;2-1(3,4)5/h7-10,15-22,26-27H,1-6,11-14,23-25H2;/q;-1/p+1. The zero-order chi connectivity index (χ0) is 29.1. The number of fused-ring (bicyclic) bond motifs is 2. The molecule has 1 saturated heterocycles. The minimum absolute atomic E-state index is 0.716. The van der Waals surface area contributed by atoms with Gasteiger partial charge in [-0.05, 0) is 59.9 Å². The molecule has 2 nitrogen and oxygen atoms in total. The molecule has 4 aromatic carbocycles. The van der Waals surface area contributed by atoms with E-state index in [1.807, 2.05) is 0 Å². The van der Waals surface area contributed by atoms with Crippen LogP contribution in [0, 0.1) is 0 Å². The number of hydrogen-bond acceptors (Lipinski definition) is 1. The van der Waals surface area contributed by atoms with E-state index in [1.54, 1.807) is 27.4 Å². The van der Waals surface area contributed by atoms with E-state index in [2.05, 4.69) is 77.7 Å². The Hall–Kier alpha value is -3.06. The maximum absolute atomic E-state index is 9.75. The summed E-state index contributed by atoms with van der Waals surface area (Å²) in [5.74, 6) is 1.44. The van der Waals surface area contributed by atoms with E-state index in [1.165, 1.54) is 92.3 Å². The lowest BCUT2D eigenvalue weighted by atomic mass is 9.82. The highest BCUT2D eigenvalue weighted by molar-refractivity contribution is 6.50. The van der Waals surface area contributed by atoms with Crippen molar-refractivity contribution in [2.24, 2.45) is 0 Å². The van der Waals surface area contributed by atoms with Gasteiger partial charge in [-0.25, -0.2) is 0 Å². The first kappa shape index (κ1) is 29.0. The maximum Gasteiger partial charge on any atom is 0.673 e. The molecule has 7 heteroatoms. The average Bonchev–Trinajstić information content (AvgIpc) is 3.49. The van der Waals surface area contributed by atoms with Crippen LogP contribution in [-0.2, 0) is 0 Å². The summed E-state index contributed by atoms with van der Waals surface area (Å²) in [4.78, 5) is 4.42. The van der Waals surface area contributed by atoms with Crippen LogP contribution < -0.4 is 9.80 Å². The highest BCUT2D eigenvalue weighted by Gasteiger charge is 2.34. The molecular weight excluding hydrogens is 535 g/mol. The van der Waals surface area contributed by atoms with Crippen molar-refractivity contribution in [3.63, 3.8) is 0 Å². The molecule has 3 aliphatic rings. The van der Waals surface area contributed by atoms with E-state index in [9.17, 15) is 17.3 Å². The third-order valence-electron chi connectivity index (χ3n) is 9.72. The van der Waals surface area contributed by atoms with Crippen molar-refractivity contribution in [2.45, 2.75) is 76.0 Å². The Morgan fingerprint density at radius 1 is 0.595 bits per heavy atom. The molecule has 7 rings (SSSR count). The summed E-state index contributed by atoms with van der Waals surface area (Å²) >= 11 is 0. The summed E-state index contributed by atoms with van der Waals surface area (Å²) < 4.78 is 39.0. The van der Waals surface area contributed by atoms with Gasteiger partial charge in [-0.1, -0.05) is 105 Å². The molecular formula is C35H41BF4N2. The lowest BCUT2D eigenvalue weighted by molar-refractivity contribution is -0.816.